The second-order valence-corrected chi connectivity index (χ2v) is 9.56. The average molecular weight is 418 g/mol. The Bertz CT molecular complexity index is 1030. The Balaban J connectivity index is 1.96. The van der Waals surface area contributed by atoms with Crippen LogP contribution in [-0.4, -0.2) is 56.9 Å². The van der Waals surface area contributed by atoms with E-state index in [4.69, 9.17) is 9.72 Å². The topological polar surface area (TPSA) is 100 Å². The number of thioether (sulfide) groups is 1. The van der Waals surface area contributed by atoms with Crippen molar-refractivity contribution < 1.29 is 9.53 Å². The van der Waals surface area contributed by atoms with Gasteiger partial charge in [0.1, 0.15) is 16.7 Å². The van der Waals surface area contributed by atoms with Crippen molar-refractivity contribution in [2.75, 3.05) is 19.3 Å². The summed E-state index contributed by atoms with van der Waals surface area (Å²) in [5.41, 5.74) is 0.476. The number of hydrogen-bond acceptors (Lipinski definition) is 7. The number of rotatable bonds is 2. The van der Waals surface area contributed by atoms with Crippen molar-refractivity contribution in [1.29, 1.82) is 0 Å². The zero-order chi connectivity index (χ0) is 21.0. The Morgan fingerprint density at radius 1 is 1.38 bits per heavy atom. The number of aryl methyl sites for hydroxylation is 1. The zero-order valence-corrected chi connectivity index (χ0v) is 18.3. The molecular weight excluding hydrogens is 390 g/mol. The monoisotopic (exact) mass is 417 g/mol. The third kappa shape index (κ3) is 3.30. The van der Waals surface area contributed by atoms with Crippen LogP contribution in [0.3, 0.4) is 0 Å². The smallest absolute Gasteiger partial charge is 0.411 e. The number of nitrogens with zero attached hydrogens (tertiary/aromatic N) is 3. The molecule has 2 atom stereocenters. The van der Waals surface area contributed by atoms with Gasteiger partial charge in [0.15, 0.2) is 5.16 Å². The molecule has 2 saturated heterocycles. The molecule has 4 rings (SSSR count). The number of carbonyl (C=O) groups excluding carboxylic acids is 1. The van der Waals surface area contributed by atoms with E-state index in [-0.39, 0.29) is 17.7 Å². The lowest BCUT2D eigenvalue weighted by Gasteiger charge is -2.45. The summed E-state index contributed by atoms with van der Waals surface area (Å²) in [4.78, 5) is 39.8. The Labute approximate surface area is 173 Å². The van der Waals surface area contributed by atoms with Gasteiger partial charge in [-0.05, 0) is 52.4 Å². The molecule has 2 aliphatic heterocycles. The van der Waals surface area contributed by atoms with Gasteiger partial charge in [-0.3, -0.25) is 9.69 Å². The molecule has 2 aromatic heterocycles. The molecule has 9 heteroatoms. The molecule has 2 bridgehead atoms. The SMILES string of the molecule is CSc1nc(C23CCC(CNC2)N3C(=O)OC(C)(C)C)c2c(C)c[nH]c(=O)c2n1. The summed E-state index contributed by atoms with van der Waals surface area (Å²) in [6.45, 7) is 8.83. The summed E-state index contributed by atoms with van der Waals surface area (Å²) in [6.07, 6.45) is 4.86. The van der Waals surface area contributed by atoms with Gasteiger partial charge in [0.05, 0.1) is 5.69 Å². The summed E-state index contributed by atoms with van der Waals surface area (Å²) in [5, 5.41) is 4.72. The lowest BCUT2D eigenvalue weighted by atomic mass is 9.88. The van der Waals surface area contributed by atoms with Crippen LogP contribution in [0.25, 0.3) is 10.9 Å². The van der Waals surface area contributed by atoms with Crippen LogP contribution in [0.4, 0.5) is 4.79 Å². The highest BCUT2D eigenvalue weighted by atomic mass is 32.2. The lowest BCUT2D eigenvalue weighted by Crippen LogP contribution is -2.61. The number of nitrogens with one attached hydrogen (secondary N) is 2. The molecule has 8 nitrogen and oxygen atoms in total. The summed E-state index contributed by atoms with van der Waals surface area (Å²) in [6, 6.07) is 0.0312. The molecule has 2 aliphatic rings. The number of H-pyrrole nitrogens is 1. The van der Waals surface area contributed by atoms with Crippen molar-refractivity contribution in [2.24, 2.45) is 0 Å². The second kappa shape index (κ2) is 6.98. The lowest BCUT2D eigenvalue weighted by molar-refractivity contribution is -0.0122. The van der Waals surface area contributed by atoms with Crippen LogP contribution < -0.4 is 10.9 Å². The fourth-order valence-corrected chi connectivity index (χ4v) is 4.85. The van der Waals surface area contributed by atoms with Crippen LogP contribution in [0, 0.1) is 6.92 Å². The fourth-order valence-electron chi connectivity index (χ4n) is 4.49. The number of piperazine rings is 1. The molecule has 2 unspecified atom stereocenters. The highest BCUT2D eigenvalue weighted by molar-refractivity contribution is 7.98. The zero-order valence-electron chi connectivity index (χ0n) is 17.5. The fraction of sp³-hybridized carbons (Fsp3) is 0.600. The van der Waals surface area contributed by atoms with E-state index in [1.807, 2.05) is 38.9 Å². The largest absolute Gasteiger partial charge is 0.444 e. The highest BCUT2D eigenvalue weighted by Crippen LogP contribution is 2.46. The first-order chi connectivity index (χ1) is 13.7. The summed E-state index contributed by atoms with van der Waals surface area (Å²) in [5.74, 6) is 0. The minimum atomic E-state index is -0.671. The Hall–Kier alpha value is -2.13. The molecule has 29 heavy (non-hydrogen) atoms. The molecule has 2 N–H and O–H groups in total. The molecule has 1 amide bonds. The van der Waals surface area contributed by atoms with Gasteiger partial charge in [0.25, 0.3) is 5.56 Å². The number of carbonyl (C=O) groups is 1. The van der Waals surface area contributed by atoms with Gasteiger partial charge in [0, 0.05) is 30.7 Å². The van der Waals surface area contributed by atoms with E-state index >= 15 is 0 Å². The van der Waals surface area contributed by atoms with Crippen molar-refractivity contribution in [3.05, 3.63) is 27.8 Å². The molecule has 2 fully saturated rings. The predicted octanol–water partition coefficient (Wildman–Crippen LogP) is 2.55. The molecule has 156 valence electrons. The van der Waals surface area contributed by atoms with Crippen molar-refractivity contribution in [3.63, 3.8) is 0 Å². The van der Waals surface area contributed by atoms with Gasteiger partial charge < -0.3 is 15.0 Å². The van der Waals surface area contributed by atoms with Gasteiger partial charge >= 0.3 is 6.09 Å². The number of ether oxygens (including phenoxy) is 1. The first-order valence-electron chi connectivity index (χ1n) is 9.84. The van der Waals surface area contributed by atoms with E-state index in [9.17, 15) is 9.59 Å². The molecule has 4 heterocycles. The van der Waals surface area contributed by atoms with Crippen molar-refractivity contribution >= 4 is 28.8 Å². The number of fused-ring (bicyclic) bond motifs is 3. The third-order valence-corrected chi connectivity index (χ3v) is 6.19. The van der Waals surface area contributed by atoms with E-state index in [1.54, 1.807) is 6.20 Å². The molecule has 0 spiro atoms. The Morgan fingerprint density at radius 2 is 2.14 bits per heavy atom. The normalized spacial score (nSPS) is 24.2. The van der Waals surface area contributed by atoms with Crippen LogP contribution in [0.5, 0.6) is 0 Å². The summed E-state index contributed by atoms with van der Waals surface area (Å²) < 4.78 is 5.77. The maximum absolute atomic E-state index is 13.3. The van der Waals surface area contributed by atoms with Crippen LogP contribution in [0.15, 0.2) is 16.1 Å². The van der Waals surface area contributed by atoms with Crippen LogP contribution in [0.1, 0.15) is 44.9 Å². The molecule has 0 aliphatic carbocycles. The minimum absolute atomic E-state index is 0.0312. The van der Waals surface area contributed by atoms with Gasteiger partial charge in [0.2, 0.25) is 0 Å². The third-order valence-electron chi connectivity index (χ3n) is 5.65. The van der Waals surface area contributed by atoms with Gasteiger partial charge in [-0.2, -0.15) is 0 Å². The van der Waals surface area contributed by atoms with Crippen LogP contribution in [0.2, 0.25) is 0 Å². The molecule has 0 aromatic carbocycles. The number of hydrogen-bond donors (Lipinski definition) is 2. The average Bonchev–Trinajstić information content (AvgIpc) is 2.89. The quantitative estimate of drug-likeness (QED) is 0.572. The van der Waals surface area contributed by atoms with Gasteiger partial charge in [-0.1, -0.05) is 11.8 Å². The standard InChI is InChI=1S/C20H27N5O3S/c1-11-8-22-16(26)14-13(11)15(24-17(23-14)29-5)20-7-6-12(9-21-10-20)25(20)18(27)28-19(2,3)4/h8,12,21H,6-7,9-10H2,1-5H3,(H,22,26). The second-order valence-electron chi connectivity index (χ2n) is 8.79. The van der Waals surface area contributed by atoms with Crippen molar-refractivity contribution in [1.82, 2.24) is 25.2 Å². The van der Waals surface area contributed by atoms with E-state index < -0.39 is 11.1 Å². The number of amides is 1. The summed E-state index contributed by atoms with van der Waals surface area (Å²) in [7, 11) is 0. The number of aromatic amines is 1. The van der Waals surface area contributed by atoms with Gasteiger partial charge in [-0.15, -0.1) is 0 Å². The van der Waals surface area contributed by atoms with E-state index in [0.29, 0.717) is 17.2 Å². The first kappa shape index (κ1) is 20.2. The van der Waals surface area contributed by atoms with Gasteiger partial charge in [-0.25, -0.2) is 14.8 Å². The van der Waals surface area contributed by atoms with Crippen LogP contribution >= 0.6 is 11.8 Å². The maximum atomic E-state index is 13.3. The molecule has 0 radical (unpaired) electrons. The summed E-state index contributed by atoms with van der Waals surface area (Å²) >= 11 is 1.39. The van der Waals surface area contributed by atoms with E-state index in [2.05, 4.69) is 15.3 Å². The molecular formula is C20H27N5O3S. The minimum Gasteiger partial charge on any atom is -0.444 e. The molecule has 2 aromatic rings. The predicted molar refractivity (Wildman–Crippen MR) is 112 cm³/mol. The number of aromatic nitrogens is 3. The van der Waals surface area contributed by atoms with E-state index in [1.165, 1.54) is 11.8 Å². The maximum Gasteiger partial charge on any atom is 0.411 e. The first-order valence-corrected chi connectivity index (χ1v) is 11.1. The Morgan fingerprint density at radius 3 is 2.83 bits per heavy atom. The number of pyridine rings is 1. The Kier molecular flexibility index (Phi) is 4.85. The highest BCUT2D eigenvalue weighted by Gasteiger charge is 2.55. The van der Waals surface area contributed by atoms with Crippen LogP contribution in [-0.2, 0) is 10.3 Å². The molecule has 0 saturated carbocycles. The van der Waals surface area contributed by atoms with E-state index in [0.717, 1.165) is 36.0 Å². The van der Waals surface area contributed by atoms with Crippen molar-refractivity contribution in [2.45, 2.75) is 62.9 Å². The van der Waals surface area contributed by atoms with Crippen molar-refractivity contribution in [3.8, 4) is 0 Å².